The first kappa shape index (κ1) is 26.5. The van der Waals surface area contributed by atoms with E-state index in [0.717, 1.165) is 23.1 Å². The van der Waals surface area contributed by atoms with Crippen molar-refractivity contribution in [1.82, 2.24) is 20.1 Å². The molecule has 190 valence electrons. The summed E-state index contributed by atoms with van der Waals surface area (Å²) < 4.78 is 38.3. The molecular weight excluding hydrogens is 502 g/mol. The van der Waals surface area contributed by atoms with Gasteiger partial charge in [-0.05, 0) is 31.3 Å². The van der Waals surface area contributed by atoms with E-state index in [0.29, 0.717) is 10.2 Å². The number of esters is 1. The highest BCUT2D eigenvalue weighted by molar-refractivity contribution is 6.33. The molecule has 36 heavy (non-hydrogen) atoms. The van der Waals surface area contributed by atoms with Gasteiger partial charge in [-0.3, -0.25) is 14.5 Å². The Kier molecular flexibility index (Phi) is 8.86. The molecule has 0 aliphatic carbocycles. The predicted octanol–water partition coefficient (Wildman–Crippen LogP) is 2.96. The Bertz CT molecular complexity index is 1270. The maximum atomic E-state index is 14.3. The SMILES string of the molecule is CNCC(=O)OCc1cccnc1N(C)C(=O)OCn1nc(C(=O)Nc2ccc(F)cc2Cl)cc1F. The Hall–Kier alpha value is -4.10. The number of amides is 2. The van der Waals surface area contributed by atoms with Gasteiger partial charge in [-0.15, -0.1) is 0 Å². The van der Waals surface area contributed by atoms with Crippen LogP contribution >= 0.6 is 11.6 Å². The average Bonchev–Trinajstić information content (AvgIpc) is 3.23. The van der Waals surface area contributed by atoms with Crippen LogP contribution in [0.4, 0.5) is 25.1 Å². The predicted molar refractivity (Wildman–Crippen MR) is 124 cm³/mol. The van der Waals surface area contributed by atoms with Crippen LogP contribution in [0.3, 0.4) is 0 Å². The van der Waals surface area contributed by atoms with E-state index in [9.17, 15) is 23.2 Å². The van der Waals surface area contributed by atoms with E-state index in [1.54, 1.807) is 19.2 Å². The maximum Gasteiger partial charge on any atom is 0.417 e. The number of pyridine rings is 1. The first-order valence-corrected chi connectivity index (χ1v) is 10.7. The number of ether oxygens (including phenoxy) is 2. The van der Waals surface area contributed by atoms with Gasteiger partial charge in [0, 0.05) is 24.9 Å². The highest BCUT2D eigenvalue weighted by Crippen LogP contribution is 2.23. The van der Waals surface area contributed by atoms with Crippen LogP contribution in [-0.2, 0) is 27.6 Å². The van der Waals surface area contributed by atoms with Gasteiger partial charge < -0.3 is 20.1 Å². The first-order valence-electron chi connectivity index (χ1n) is 10.3. The molecule has 0 saturated carbocycles. The van der Waals surface area contributed by atoms with Crippen LogP contribution in [0.2, 0.25) is 5.02 Å². The number of carbonyl (C=O) groups excluding carboxylic acids is 3. The fraction of sp³-hybridized carbons (Fsp3) is 0.227. The molecule has 3 rings (SSSR count). The summed E-state index contributed by atoms with van der Waals surface area (Å²) in [5.74, 6) is -2.68. The molecule has 0 bridgehead atoms. The van der Waals surface area contributed by atoms with Crippen molar-refractivity contribution < 1.29 is 32.6 Å². The van der Waals surface area contributed by atoms with Gasteiger partial charge in [0.15, 0.2) is 12.4 Å². The third-order valence-corrected chi connectivity index (χ3v) is 4.93. The second-order valence-electron chi connectivity index (χ2n) is 7.21. The number of aromatic nitrogens is 3. The van der Waals surface area contributed by atoms with E-state index in [1.165, 1.54) is 19.3 Å². The highest BCUT2D eigenvalue weighted by atomic mass is 35.5. The minimum absolute atomic E-state index is 0.0138. The minimum Gasteiger partial charge on any atom is -0.460 e. The largest absolute Gasteiger partial charge is 0.460 e. The van der Waals surface area contributed by atoms with E-state index in [1.807, 2.05) is 0 Å². The lowest BCUT2D eigenvalue weighted by Gasteiger charge is -2.19. The zero-order valence-electron chi connectivity index (χ0n) is 19.1. The smallest absolute Gasteiger partial charge is 0.417 e. The van der Waals surface area contributed by atoms with Crippen molar-refractivity contribution in [2.24, 2.45) is 0 Å². The number of nitrogens with one attached hydrogen (secondary N) is 2. The number of nitrogens with zero attached hydrogens (tertiary/aromatic N) is 4. The van der Waals surface area contributed by atoms with Crippen molar-refractivity contribution in [2.75, 3.05) is 30.9 Å². The van der Waals surface area contributed by atoms with Gasteiger partial charge in [-0.1, -0.05) is 17.7 Å². The van der Waals surface area contributed by atoms with Crippen LogP contribution in [0, 0.1) is 11.8 Å². The fourth-order valence-electron chi connectivity index (χ4n) is 2.87. The van der Waals surface area contributed by atoms with Gasteiger partial charge in [0.25, 0.3) is 5.91 Å². The third kappa shape index (κ3) is 6.73. The summed E-state index contributed by atoms with van der Waals surface area (Å²) in [7, 11) is 2.97. The Morgan fingerprint density at radius 3 is 2.67 bits per heavy atom. The molecule has 2 aromatic heterocycles. The summed E-state index contributed by atoms with van der Waals surface area (Å²) in [6.07, 6.45) is 0.527. The number of halogens is 3. The topological polar surface area (TPSA) is 128 Å². The lowest BCUT2D eigenvalue weighted by atomic mass is 10.2. The summed E-state index contributed by atoms with van der Waals surface area (Å²) in [6, 6.07) is 7.40. The van der Waals surface area contributed by atoms with Gasteiger partial charge in [-0.2, -0.15) is 9.49 Å². The number of anilines is 2. The number of rotatable bonds is 9. The maximum absolute atomic E-state index is 14.3. The number of hydrogen-bond donors (Lipinski definition) is 2. The fourth-order valence-corrected chi connectivity index (χ4v) is 3.09. The molecule has 3 aromatic rings. The highest BCUT2D eigenvalue weighted by Gasteiger charge is 2.20. The van der Waals surface area contributed by atoms with Crippen LogP contribution in [0.1, 0.15) is 16.1 Å². The lowest BCUT2D eigenvalue weighted by molar-refractivity contribution is -0.143. The number of likely N-dealkylation sites (N-methyl/N-ethyl adjacent to an activating group) is 1. The molecule has 0 radical (unpaired) electrons. The molecule has 0 fully saturated rings. The molecule has 2 N–H and O–H groups in total. The normalized spacial score (nSPS) is 10.6. The summed E-state index contributed by atoms with van der Waals surface area (Å²) in [5, 5.41) is 8.78. The average molecular weight is 523 g/mol. The van der Waals surface area contributed by atoms with Gasteiger partial charge in [0.1, 0.15) is 18.2 Å². The molecule has 11 nitrogen and oxygen atoms in total. The Labute approximate surface area is 208 Å². The van der Waals surface area contributed by atoms with E-state index < -0.39 is 36.5 Å². The van der Waals surface area contributed by atoms with E-state index in [-0.39, 0.29) is 35.4 Å². The minimum atomic E-state index is -0.948. The number of hydrogen-bond acceptors (Lipinski definition) is 8. The molecule has 0 aliphatic rings. The van der Waals surface area contributed by atoms with Gasteiger partial charge in [-0.25, -0.2) is 18.9 Å². The summed E-state index contributed by atoms with van der Waals surface area (Å²) in [4.78, 5) is 41.6. The Morgan fingerprint density at radius 2 is 1.94 bits per heavy atom. The standard InChI is InChI=1S/C22H21ClF2N6O5/c1-26-10-19(32)35-11-13-4-3-7-27-20(13)30(2)22(34)36-12-31-18(25)9-17(29-31)21(33)28-16-6-5-14(24)8-15(16)23/h3-9,26H,10-12H2,1-2H3,(H,28,33). The molecule has 2 amide bonds. The monoisotopic (exact) mass is 522 g/mol. The molecule has 14 heteroatoms. The van der Waals surface area contributed by atoms with E-state index in [4.69, 9.17) is 21.1 Å². The summed E-state index contributed by atoms with van der Waals surface area (Å²) >= 11 is 5.87. The number of benzene rings is 1. The van der Waals surface area contributed by atoms with E-state index in [2.05, 4.69) is 20.7 Å². The Balaban J connectivity index is 1.62. The van der Waals surface area contributed by atoms with Crippen LogP contribution in [0.25, 0.3) is 0 Å². The lowest BCUT2D eigenvalue weighted by Crippen LogP contribution is -2.30. The zero-order chi connectivity index (χ0) is 26.2. The van der Waals surface area contributed by atoms with Crippen molar-refractivity contribution >= 4 is 41.1 Å². The van der Waals surface area contributed by atoms with Crippen LogP contribution in [0.5, 0.6) is 0 Å². The molecule has 0 saturated heterocycles. The molecule has 1 aromatic carbocycles. The van der Waals surface area contributed by atoms with Crippen molar-refractivity contribution in [1.29, 1.82) is 0 Å². The summed E-state index contributed by atoms with van der Waals surface area (Å²) in [6.45, 7) is -0.773. The van der Waals surface area contributed by atoms with Gasteiger partial charge in [0.2, 0.25) is 5.95 Å². The second kappa shape index (κ2) is 12.0. The molecule has 2 heterocycles. The van der Waals surface area contributed by atoms with Crippen LogP contribution in [0.15, 0.2) is 42.6 Å². The van der Waals surface area contributed by atoms with Crippen molar-refractivity contribution in [3.8, 4) is 0 Å². The molecule has 0 aliphatic heterocycles. The van der Waals surface area contributed by atoms with Crippen molar-refractivity contribution in [3.63, 3.8) is 0 Å². The zero-order valence-corrected chi connectivity index (χ0v) is 19.9. The molecule has 0 atom stereocenters. The quantitative estimate of drug-likeness (QED) is 0.411. The number of carbonyl (C=O) groups is 3. The van der Waals surface area contributed by atoms with Gasteiger partial charge >= 0.3 is 12.1 Å². The van der Waals surface area contributed by atoms with Crippen molar-refractivity contribution in [3.05, 3.63) is 70.6 Å². The van der Waals surface area contributed by atoms with Gasteiger partial charge in [0.05, 0.1) is 17.3 Å². The summed E-state index contributed by atoms with van der Waals surface area (Å²) in [5.41, 5.74) is 0.214. The third-order valence-electron chi connectivity index (χ3n) is 4.62. The molecule has 0 unspecified atom stereocenters. The van der Waals surface area contributed by atoms with Crippen molar-refractivity contribution in [2.45, 2.75) is 13.3 Å². The van der Waals surface area contributed by atoms with Crippen LogP contribution in [-0.4, -0.2) is 53.4 Å². The van der Waals surface area contributed by atoms with Crippen LogP contribution < -0.4 is 15.5 Å². The Morgan fingerprint density at radius 1 is 1.17 bits per heavy atom. The molecular formula is C22H21ClF2N6O5. The second-order valence-corrected chi connectivity index (χ2v) is 7.61. The van der Waals surface area contributed by atoms with E-state index >= 15 is 0 Å². The molecule has 0 spiro atoms. The first-order chi connectivity index (χ1) is 17.2.